The van der Waals surface area contributed by atoms with Gasteiger partial charge in [0.25, 0.3) is 0 Å². The smallest absolute Gasteiger partial charge is 0.382 e. The Morgan fingerprint density at radius 1 is 1.32 bits per heavy atom. The molecule has 0 amide bonds. The summed E-state index contributed by atoms with van der Waals surface area (Å²) < 4.78 is 32.4. The molecule has 0 unspecified atom stereocenters. The first-order valence-corrected chi connectivity index (χ1v) is 6.06. The van der Waals surface area contributed by atoms with Crippen LogP contribution in [-0.4, -0.2) is 12.6 Å². The van der Waals surface area contributed by atoms with E-state index in [0.29, 0.717) is 5.56 Å². The Morgan fingerprint density at radius 2 is 1.89 bits per heavy atom. The van der Waals surface area contributed by atoms with Crippen molar-refractivity contribution in [3.05, 3.63) is 29.3 Å². The number of halogens is 2. The van der Waals surface area contributed by atoms with Crippen LogP contribution in [0.3, 0.4) is 0 Å². The molecule has 0 aliphatic heterocycles. The lowest BCUT2D eigenvalue weighted by molar-refractivity contribution is -0.173. The van der Waals surface area contributed by atoms with Crippen molar-refractivity contribution in [2.24, 2.45) is 0 Å². The Kier molecular flexibility index (Phi) is 4.18. The Balaban J connectivity index is 3.29. The van der Waals surface area contributed by atoms with Crippen molar-refractivity contribution in [2.45, 2.75) is 39.0 Å². The number of carbonyl (C=O) groups excluding carboxylic acids is 1. The quantitative estimate of drug-likeness (QED) is 0.678. The van der Waals surface area contributed by atoms with E-state index < -0.39 is 17.5 Å². The van der Waals surface area contributed by atoms with E-state index in [-0.39, 0.29) is 17.7 Å². The maximum atomic E-state index is 14.0. The number of esters is 1. The van der Waals surface area contributed by atoms with Gasteiger partial charge < -0.3 is 10.5 Å². The van der Waals surface area contributed by atoms with E-state index in [9.17, 15) is 13.6 Å². The highest BCUT2D eigenvalue weighted by Gasteiger charge is 2.44. The molecule has 1 aromatic carbocycles. The Morgan fingerprint density at radius 3 is 2.37 bits per heavy atom. The molecule has 0 saturated heterocycles. The monoisotopic (exact) mass is 271 g/mol. The number of hydrogen-bond donors (Lipinski definition) is 1. The van der Waals surface area contributed by atoms with Gasteiger partial charge in [0.15, 0.2) is 0 Å². The van der Waals surface area contributed by atoms with E-state index in [1.165, 1.54) is 19.1 Å². The molecule has 106 valence electrons. The van der Waals surface area contributed by atoms with Crippen molar-refractivity contribution >= 4 is 11.7 Å². The van der Waals surface area contributed by atoms with Crippen molar-refractivity contribution in [1.82, 2.24) is 0 Å². The number of ether oxygens (including phenoxy) is 1. The minimum Gasteiger partial charge on any atom is -0.461 e. The summed E-state index contributed by atoms with van der Waals surface area (Å²) in [5.74, 6) is -5.31. The average molecular weight is 271 g/mol. The number of carbonyl (C=O) groups is 1. The van der Waals surface area contributed by atoms with Gasteiger partial charge in [0, 0.05) is 5.69 Å². The van der Waals surface area contributed by atoms with Crippen LogP contribution in [0, 0.1) is 0 Å². The Labute approximate surface area is 111 Å². The van der Waals surface area contributed by atoms with E-state index >= 15 is 0 Å². The van der Waals surface area contributed by atoms with Crippen molar-refractivity contribution < 1.29 is 18.3 Å². The van der Waals surface area contributed by atoms with Crippen LogP contribution in [0.15, 0.2) is 18.2 Å². The van der Waals surface area contributed by atoms with Crippen LogP contribution >= 0.6 is 0 Å². The molecule has 0 heterocycles. The molecule has 2 N–H and O–H groups in total. The van der Waals surface area contributed by atoms with Crippen molar-refractivity contribution in [1.29, 1.82) is 0 Å². The van der Waals surface area contributed by atoms with Crippen molar-refractivity contribution in [3.63, 3.8) is 0 Å². The van der Waals surface area contributed by atoms with Gasteiger partial charge >= 0.3 is 11.9 Å². The molecule has 19 heavy (non-hydrogen) atoms. The van der Waals surface area contributed by atoms with Crippen molar-refractivity contribution in [2.75, 3.05) is 12.3 Å². The molecule has 1 rings (SSSR count). The molecular formula is C14H19F2NO2. The van der Waals surface area contributed by atoms with Gasteiger partial charge in [-0.3, -0.25) is 0 Å². The second kappa shape index (κ2) is 5.15. The summed E-state index contributed by atoms with van der Waals surface area (Å²) in [4.78, 5) is 11.4. The molecule has 1 aromatic rings. The number of anilines is 1. The second-order valence-electron chi connectivity index (χ2n) is 5.35. The zero-order chi connectivity index (χ0) is 14.8. The number of rotatable bonds is 3. The molecular weight excluding hydrogens is 252 g/mol. The topological polar surface area (TPSA) is 52.3 Å². The first-order chi connectivity index (χ1) is 8.60. The summed E-state index contributed by atoms with van der Waals surface area (Å²) in [6.45, 7) is 7.05. The molecule has 0 fully saturated rings. The number of benzene rings is 1. The summed E-state index contributed by atoms with van der Waals surface area (Å²) in [5.41, 5.74) is 5.31. The third kappa shape index (κ3) is 3.22. The lowest BCUT2D eigenvalue weighted by atomic mass is 9.85. The van der Waals surface area contributed by atoms with E-state index in [1.807, 2.05) is 20.8 Å². The largest absolute Gasteiger partial charge is 0.461 e. The first-order valence-electron chi connectivity index (χ1n) is 6.06. The summed E-state index contributed by atoms with van der Waals surface area (Å²) in [6, 6.07) is 4.34. The SMILES string of the molecule is CCOC(=O)C(F)(F)c1cc(C(C)(C)C)ccc1N. The van der Waals surface area contributed by atoms with Gasteiger partial charge in [-0.05, 0) is 30.0 Å². The number of nitrogen functional groups attached to an aromatic ring is 1. The van der Waals surface area contributed by atoms with E-state index in [1.54, 1.807) is 6.07 Å². The standard InChI is InChI=1S/C14H19F2NO2/c1-5-19-12(18)14(15,16)10-8-9(13(2,3)4)6-7-11(10)17/h6-8H,5,17H2,1-4H3. The van der Waals surface area contributed by atoms with Gasteiger partial charge in [0.1, 0.15) is 0 Å². The predicted octanol–water partition coefficient (Wildman–Crippen LogP) is 3.22. The summed E-state index contributed by atoms with van der Waals surface area (Å²) in [6.07, 6.45) is 0. The minimum absolute atomic E-state index is 0.104. The normalized spacial score (nSPS) is 12.3. The van der Waals surface area contributed by atoms with Gasteiger partial charge in [0.05, 0.1) is 12.2 Å². The first kappa shape index (κ1) is 15.4. The summed E-state index contributed by atoms with van der Waals surface area (Å²) >= 11 is 0. The van der Waals surface area contributed by atoms with E-state index in [4.69, 9.17) is 5.73 Å². The maximum absolute atomic E-state index is 14.0. The predicted molar refractivity (Wildman–Crippen MR) is 70.1 cm³/mol. The lowest BCUT2D eigenvalue weighted by Crippen LogP contribution is -2.30. The molecule has 0 atom stereocenters. The summed E-state index contributed by atoms with van der Waals surface area (Å²) in [5, 5.41) is 0. The van der Waals surface area contributed by atoms with Gasteiger partial charge in [-0.1, -0.05) is 26.8 Å². The fourth-order valence-corrected chi connectivity index (χ4v) is 1.63. The summed E-state index contributed by atoms with van der Waals surface area (Å²) in [7, 11) is 0. The highest BCUT2D eigenvalue weighted by Crippen LogP contribution is 2.36. The number of nitrogens with two attached hydrogens (primary N) is 1. The Hall–Kier alpha value is -1.65. The van der Waals surface area contributed by atoms with Gasteiger partial charge in [-0.25, -0.2) is 4.79 Å². The van der Waals surface area contributed by atoms with E-state index in [2.05, 4.69) is 4.74 Å². The zero-order valence-corrected chi connectivity index (χ0v) is 11.6. The van der Waals surface area contributed by atoms with Gasteiger partial charge in [0.2, 0.25) is 0 Å². The Bertz CT molecular complexity index is 479. The average Bonchev–Trinajstić information content (AvgIpc) is 2.28. The highest BCUT2D eigenvalue weighted by atomic mass is 19.3. The van der Waals surface area contributed by atoms with Crippen LogP contribution in [0.5, 0.6) is 0 Å². The highest BCUT2D eigenvalue weighted by molar-refractivity contribution is 5.81. The third-order valence-corrected chi connectivity index (χ3v) is 2.79. The molecule has 0 spiro atoms. The second-order valence-corrected chi connectivity index (χ2v) is 5.35. The fourth-order valence-electron chi connectivity index (χ4n) is 1.63. The lowest BCUT2D eigenvalue weighted by Gasteiger charge is -2.23. The zero-order valence-electron chi connectivity index (χ0n) is 11.6. The molecule has 0 aliphatic carbocycles. The molecule has 0 aromatic heterocycles. The fraction of sp³-hybridized carbons (Fsp3) is 0.500. The minimum atomic E-state index is -3.73. The molecule has 0 bridgehead atoms. The molecule has 5 heteroatoms. The third-order valence-electron chi connectivity index (χ3n) is 2.79. The number of alkyl halides is 2. The van der Waals surface area contributed by atoms with Crippen LogP contribution in [-0.2, 0) is 20.9 Å². The molecule has 0 saturated carbocycles. The van der Waals surface area contributed by atoms with Gasteiger partial charge in [-0.2, -0.15) is 8.78 Å². The van der Waals surface area contributed by atoms with Crippen LogP contribution < -0.4 is 5.73 Å². The van der Waals surface area contributed by atoms with Crippen LogP contribution in [0.4, 0.5) is 14.5 Å². The molecule has 0 aliphatic rings. The van der Waals surface area contributed by atoms with Crippen LogP contribution in [0.1, 0.15) is 38.8 Å². The van der Waals surface area contributed by atoms with Crippen LogP contribution in [0.2, 0.25) is 0 Å². The number of hydrogen-bond acceptors (Lipinski definition) is 3. The maximum Gasteiger partial charge on any atom is 0.382 e. The van der Waals surface area contributed by atoms with Gasteiger partial charge in [-0.15, -0.1) is 0 Å². The van der Waals surface area contributed by atoms with E-state index in [0.717, 1.165) is 0 Å². The molecule has 3 nitrogen and oxygen atoms in total. The van der Waals surface area contributed by atoms with Crippen molar-refractivity contribution in [3.8, 4) is 0 Å². The van der Waals surface area contributed by atoms with Crippen LogP contribution in [0.25, 0.3) is 0 Å². The molecule has 0 radical (unpaired) electrons.